The maximum Gasteiger partial charge on any atom is 0.118 e. The predicted molar refractivity (Wildman–Crippen MR) is 59.6 cm³/mol. The first-order valence-electron chi connectivity index (χ1n) is 5.53. The standard InChI is InChI=1S/C12H16O5/c13-6-10-12(16)11(15)9(17-10)5-7-3-1-2-4-8(7)14/h1-4,9-16H,5-6H2/t9-,10+,11-,12+/m0/s1. The van der Waals surface area contributed by atoms with Crippen LogP contribution >= 0.6 is 0 Å². The Morgan fingerprint density at radius 2 is 1.71 bits per heavy atom. The van der Waals surface area contributed by atoms with Gasteiger partial charge in [-0.05, 0) is 11.6 Å². The highest BCUT2D eigenvalue weighted by atomic mass is 16.6. The van der Waals surface area contributed by atoms with Crippen molar-refractivity contribution in [2.24, 2.45) is 0 Å². The highest BCUT2D eigenvalue weighted by Crippen LogP contribution is 2.26. The van der Waals surface area contributed by atoms with Gasteiger partial charge in [0.2, 0.25) is 0 Å². The second-order valence-electron chi connectivity index (χ2n) is 4.21. The number of phenolic OH excluding ortho intramolecular Hbond substituents is 1. The molecule has 0 radical (unpaired) electrons. The number of aliphatic hydroxyl groups is 3. The maximum atomic E-state index is 9.74. The van der Waals surface area contributed by atoms with E-state index < -0.39 is 24.4 Å². The average Bonchev–Trinajstić information content (AvgIpc) is 2.60. The number of para-hydroxylation sites is 1. The summed E-state index contributed by atoms with van der Waals surface area (Å²) < 4.78 is 5.33. The number of aliphatic hydroxyl groups excluding tert-OH is 3. The van der Waals surface area contributed by atoms with E-state index in [0.717, 1.165) is 0 Å². The maximum absolute atomic E-state index is 9.74. The van der Waals surface area contributed by atoms with Crippen LogP contribution in [0.5, 0.6) is 5.75 Å². The molecule has 1 aromatic carbocycles. The fraction of sp³-hybridized carbons (Fsp3) is 0.500. The zero-order valence-corrected chi connectivity index (χ0v) is 9.23. The highest BCUT2D eigenvalue weighted by molar-refractivity contribution is 5.32. The van der Waals surface area contributed by atoms with E-state index >= 15 is 0 Å². The van der Waals surface area contributed by atoms with Crippen molar-refractivity contribution < 1.29 is 25.2 Å². The Morgan fingerprint density at radius 3 is 2.29 bits per heavy atom. The van der Waals surface area contributed by atoms with E-state index in [1.165, 1.54) is 0 Å². The van der Waals surface area contributed by atoms with E-state index in [4.69, 9.17) is 9.84 Å². The number of benzene rings is 1. The van der Waals surface area contributed by atoms with E-state index in [-0.39, 0.29) is 12.4 Å². The summed E-state index contributed by atoms with van der Waals surface area (Å²) >= 11 is 0. The lowest BCUT2D eigenvalue weighted by Crippen LogP contribution is -2.34. The third kappa shape index (κ3) is 2.42. The Bertz CT molecular complexity index is 381. The molecule has 4 atom stereocenters. The van der Waals surface area contributed by atoms with Crippen LogP contribution in [0.3, 0.4) is 0 Å². The van der Waals surface area contributed by atoms with E-state index in [1.54, 1.807) is 24.3 Å². The van der Waals surface area contributed by atoms with Crippen LogP contribution in [0.25, 0.3) is 0 Å². The number of ether oxygens (including phenoxy) is 1. The van der Waals surface area contributed by atoms with Gasteiger partial charge in [0.15, 0.2) is 0 Å². The van der Waals surface area contributed by atoms with Crippen LogP contribution in [0.4, 0.5) is 0 Å². The van der Waals surface area contributed by atoms with Gasteiger partial charge in [-0.2, -0.15) is 0 Å². The van der Waals surface area contributed by atoms with Crippen molar-refractivity contribution in [3.8, 4) is 5.75 Å². The minimum Gasteiger partial charge on any atom is -0.508 e. The predicted octanol–water partition coefficient (Wildman–Crippen LogP) is -0.584. The van der Waals surface area contributed by atoms with Gasteiger partial charge in [0.25, 0.3) is 0 Å². The quantitative estimate of drug-likeness (QED) is 0.567. The molecule has 17 heavy (non-hydrogen) atoms. The van der Waals surface area contributed by atoms with Crippen LogP contribution in [0.2, 0.25) is 0 Å². The summed E-state index contributed by atoms with van der Waals surface area (Å²) in [6.07, 6.45) is -3.22. The van der Waals surface area contributed by atoms with E-state index in [9.17, 15) is 15.3 Å². The lowest BCUT2D eigenvalue weighted by molar-refractivity contribution is -0.0216. The average molecular weight is 240 g/mol. The topological polar surface area (TPSA) is 90.2 Å². The Balaban J connectivity index is 2.08. The highest BCUT2D eigenvalue weighted by Gasteiger charge is 2.42. The van der Waals surface area contributed by atoms with Gasteiger partial charge in [-0.15, -0.1) is 0 Å². The molecule has 5 nitrogen and oxygen atoms in total. The van der Waals surface area contributed by atoms with Crippen LogP contribution in [-0.2, 0) is 11.2 Å². The Morgan fingerprint density at radius 1 is 1.06 bits per heavy atom. The van der Waals surface area contributed by atoms with Crippen molar-refractivity contribution in [2.75, 3.05) is 6.61 Å². The lowest BCUT2D eigenvalue weighted by atomic mass is 10.0. The molecule has 4 N–H and O–H groups in total. The zero-order chi connectivity index (χ0) is 12.4. The molecule has 0 saturated carbocycles. The fourth-order valence-electron chi connectivity index (χ4n) is 2.05. The first-order chi connectivity index (χ1) is 8.13. The summed E-state index contributed by atoms with van der Waals surface area (Å²) in [7, 11) is 0. The van der Waals surface area contributed by atoms with Gasteiger partial charge in [-0.25, -0.2) is 0 Å². The van der Waals surface area contributed by atoms with Gasteiger partial charge in [-0.3, -0.25) is 0 Å². The summed E-state index contributed by atoms with van der Waals surface area (Å²) in [6.45, 7) is -0.338. The van der Waals surface area contributed by atoms with Crippen LogP contribution in [0, 0.1) is 0 Å². The van der Waals surface area contributed by atoms with Gasteiger partial charge >= 0.3 is 0 Å². The third-order valence-corrected chi connectivity index (χ3v) is 3.05. The molecule has 2 rings (SSSR count). The molecule has 0 aliphatic carbocycles. The Hall–Kier alpha value is -1.14. The van der Waals surface area contributed by atoms with Crippen molar-refractivity contribution in [1.82, 2.24) is 0 Å². The van der Waals surface area contributed by atoms with Gasteiger partial charge in [-0.1, -0.05) is 18.2 Å². The SMILES string of the molecule is OC[C@H]1O[C@@H](Cc2ccccc2O)[C@H](O)[C@@H]1O. The van der Waals surface area contributed by atoms with Crippen molar-refractivity contribution in [2.45, 2.75) is 30.8 Å². The second kappa shape index (κ2) is 5.01. The van der Waals surface area contributed by atoms with Crippen molar-refractivity contribution in [3.63, 3.8) is 0 Å². The fourth-order valence-corrected chi connectivity index (χ4v) is 2.05. The number of phenols is 1. The minimum atomic E-state index is -1.09. The first-order valence-corrected chi connectivity index (χ1v) is 5.53. The molecular weight excluding hydrogens is 224 g/mol. The molecular formula is C12H16O5. The van der Waals surface area contributed by atoms with Crippen LogP contribution in [0.1, 0.15) is 5.56 Å². The van der Waals surface area contributed by atoms with Gasteiger partial charge in [0, 0.05) is 6.42 Å². The molecule has 5 heteroatoms. The normalized spacial score (nSPS) is 32.9. The number of hydrogen-bond donors (Lipinski definition) is 4. The molecule has 0 aromatic heterocycles. The zero-order valence-electron chi connectivity index (χ0n) is 9.23. The van der Waals surface area contributed by atoms with Crippen molar-refractivity contribution >= 4 is 0 Å². The van der Waals surface area contributed by atoms with Gasteiger partial charge in [0.05, 0.1) is 12.7 Å². The van der Waals surface area contributed by atoms with E-state index in [2.05, 4.69) is 0 Å². The van der Waals surface area contributed by atoms with Crippen molar-refractivity contribution in [1.29, 1.82) is 0 Å². The molecule has 1 heterocycles. The van der Waals surface area contributed by atoms with Gasteiger partial charge in [0.1, 0.15) is 24.1 Å². The number of hydrogen-bond acceptors (Lipinski definition) is 5. The monoisotopic (exact) mass is 240 g/mol. The molecule has 94 valence electrons. The summed E-state index contributed by atoms with van der Waals surface area (Å²) in [5.74, 6) is 0.130. The summed E-state index contributed by atoms with van der Waals surface area (Å²) in [5, 5.41) is 37.9. The Kier molecular flexibility index (Phi) is 3.63. The smallest absolute Gasteiger partial charge is 0.118 e. The summed E-state index contributed by atoms with van der Waals surface area (Å²) in [6, 6.07) is 6.76. The molecule has 0 bridgehead atoms. The molecule has 1 saturated heterocycles. The molecule has 1 fully saturated rings. The van der Waals surface area contributed by atoms with Crippen LogP contribution < -0.4 is 0 Å². The molecule has 0 unspecified atom stereocenters. The lowest BCUT2D eigenvalue weighted by Gasteiger charge is -2.15. The van der Waals surface area contributed by atoms with Crippen LogP contribution in [0.15, 0.2) is 24.3 Å². The Labute approximate surface area is 98.9 Å². The van der Waals surface area contributed by atoms with Crippen molar-refractivity contribution in [3.05, 3.63) is 29.8 Å². The molecule has 1 aromatic rings. The molecule has 0 amide bonds. The van der Waals surface area contributed by atoms with E-state index in [0.29, 0.717) is 12.0 Å². The molecule has 0 spiro atoms. The molecule has 1 aliphatic rings. The van der Waals surface area contributed by atoms with E-state index in [1.807, 2.05) is 0 Å². The number of aromatic hydroxyl groups is 1. The largest absolute Gasteiger partial charge is 0.508 e. The summed E-state index contributed by atoms with van der Waals surface area (Å²) in [4.78, 5) is 0. The van der Waals surface area contributed by atoms with Crippen LogP contribution in [-0.4, -0.2) is 51.4 Å². The van der Waals surface area contributed by atoms with Gasteiger partial charge < -0.3 is 25.2 Å². The second-order valence-corrected chi connectivity index (χ2v) is 4.21. The third-order valence-electron chi connectivity index (χ3n) is 3.05. The molecule has 1 aliphatic heterocycles. The first kappa shape index (κ1) is 12.3. The summed E-state index contributed by atoms with van der Waals surface area (Å²) in [5.41, 5.74) is 0.641. The number of rotatable bonds is 3. The minimum absolute atomic E-state index is 0.130.